The first-order chi connectivity index (χ1) is 8.75. The van der Waals surface area contributed by atoms with E-state index in [4.69, 9.17) is 4.42 Å². The van der Waals surface area contributed by atoms with Crippen molar-refractivity contribution in [3.05, 3.63) is 35.6 Å². The zero-order chi connectivity index (χ0) is 12.5. The Morgan fingerprint density at radius 1 is 1.33 bits per heavy atom. The minimum absolute atomic E-state index is 0.415. The first-order valence-corrected chi connectivity index (χ1v) is 6.64. The van der Waals surface area contributed by atoms with Gasteiger partial charge in [-0.05, 0) is 32.5 Å². The summed E-state index contributed by atoms with van der Waals surface area (Å²) in [6.07, 6.45) is 3.07. The summed E-state index contributed by atoms with van der Waals surface area (Å²) in [5.41, 5.74) is 3.56. The molecule has 3 rings (SSSR count). The molecule has 1 aliphatic rings. The fourth-order valence-corrected chi connectivity index (χ4v) is 2.75. The molecule has 0 saturated carbocycles. The van der Waals surface area contributed by atoms with Crippen molar-refractivity contribution < 1.29 is 4.42 Å². The average molecular weight is 244 g/mol. The quantitative estimate of drug-likeness (QED) is 0.836. The fraction of sp³-hybridized carbons (Fsp3) is 0.467. The summed E-state index contributed by atoms with van der Waals surface area (Å²) < 4.78 is 5.75. The van der Waals surface area contributed by atoms with Crippen LogP contribution in [0.5, 0.6) is 0 Å². The zero-order valence-corrected chi connectivity index (χ0v) is 11.1. The van der Waals surface area contributed by atoms with Crippen molar-refractivity contribution in [2.24, 2.45) is 0 Å². The largest absolute Gasteiger partial charge is 0.464 e. The maximum atomic E-state index is 5.75. The normalized spacial score (nSPS) is 22.2. The molecule has 0 bridgehead atoms. The predicted molar refractivity (Wildman–Crippen MR) is 73.8 cm³/mol. The van der Waals surface area contributed by atoms with E-state index < -0.39 is 0 Å². The van der Waals surface area contributed by atoms with Gasteiger partial charge in [0.1, 0.15) is 5.58 Å². The maximum Gasteiger partial charge on any atom is 0.137 e. The molecule has 1 unspecified atom stereocenters. The van der Waals surface area contributed by atoms with Crippen LogP contribution in [0.2, 0.25) is 0 Å². The fourth-order valence-electron chi connectivity index (χ4n) is 2.75. The van der Waals surface area contributed by atoms with E-state index in [2.05, 4.69) is 42.4 Å². The molecule has 1 saturated heterocycles. The van der Waals surface area contributed by atoms with Gasteiger partial charge in [0.15, 0.2) is 0 Å². The SMILES string of the molecule is Cc1cccc2c(C3CCN(C)CCN3)coc12. The highest BCUT2D eigenvalue weighted by molar-refractivity contribution is 5.84. The molecule has 0 radical (unpaired) electrons. The van der Waals surface area contributed by atoms with Gasteiger partial charge in [-0.2, -0.15) is 0 Å². The van der Waals surface area contributed by atoms with E-state index in [1.165, 1.54) is 16.5 Å². The summed E-state index contributed by atoms with van der Waals surface area (Å²) in [5, 5.41) is 4.89. The van der Waals surface area contributed by atoms with E-state index in [0.29, 0.717) is 6.04 Å². The number of fused-ring (bicyclic) bond motifs is 1. The predicted octanol–water partition coefficient (Wildman–Crippen LogP) is 2.71. The smallest absolute Gasteiger partial charge is 0.137 e. The molecule has 0 spiro atoms. The zero-order valence-electron chi connectivity index (χ0n) is 11.1. The number of nitrogens with zero attached hydrogens (tertiary/aromatic N) is 1. The Kier molecular flexibility index (Phi) is 3.10. The van der Waals surface area contributed by atoms with E-state index in [-0.39, 0.29) is 0 Å². The van der Waals surface area contributed by atoms with E-state index in [0.717, 1.165) is 31.6 Å². The third kappa shape index (κ3) is 2.04. The van der Waals surface area contributed by atoms with Crippen molar-refractivity contribution in [3.8, 4) is 0 Å². The number of benzene rings is 1. The molecule has 1 aliphatic heterocycles. The highest BCUT2D eigenvalue weighted by Crippen LogP contribution is 2.30. The highest BCUT2D eigenvalue weighted by atomic mass is 16.3. The van der Waals surface area contributed by atoms with Crippen LogP contribution >= 0.6 is 0 Å². The van der Waals surface area contributed by atoms with Crippen LogP contribution in [0.1, 0.15) is 23.6 Å². The molecule has 1 aromatic heterocycles. The summed E-state index contributed by atoms with van der Waals surface area (Å²) in [4.78, 5) is 2.38. The molecule has 1 aromatic carbocycles. The second-order valence-corrected chi connectivity index (χ2v) is 5.24. The second-order valence-electron chi connectivity index (χ2n) is 5.24. The molecule has 1 atom stereocenters. The maximum absolute atomic E-state index is 5.75. The van der Waals surface area contributed by atoms with Gasteiger partial charge in [-0.25, -0.2) is 0 Å². The number of para-hydroxylation sites is 1. The van der Waals surface area contributed by atoms with Gasteiger partial charge in [0.05, 0.1) is 6.26 Å². The number of aryl methyl sites for hydroxylation is 1. The minimum atomic E-state index is 0.415. The second kappa shape index (κ2) is 4.75. The van der Waals surface area contributed by atoms with E-state index in [9.17, 15) is 0 Å². The van der Waals surface area contributed by atoms with Gasteiger partial charge in [-0.1, -0.05) is 18.2 Å². The van der Waals surface area contributed by atoms with Crippen LogP contribution in [0.4, 0.5) is 0 Å². The van der Waals surface area contributed by atoms with Crippen LogP contribution in [-0.4, -0.2) is 31.6 Å². The third-order valence-electron chi connectivity index (χ3n) is 3.89. The van der Waals surface area contributed by atoms with E-state index >= 15 is 0 Å². The molecule has 0 amide bonds. The van der Waals surface area contributed by atoms with Gasteiger partial charge in [0.25, 0.3) is 0 Å². The Hall–Kier alpha value is -1.32. The van der Waals surface area contributed by atoms with Gasteiger partial charge in [-0.3, -0.25) is 0 Å². The molecule has 0 aliphatic carbocycles. The Labute approximate surface area is 108 Å². The molecular formula is C15H20N2O. The molecule has 1 N–H and O–H groups in total. The topological polar surface area (TPSA) is 28.4 Å². The Bertz CT molecular complexity index is 546. The van der Waals surface area contributed by atoms with Crippen molar-refractivity contribution in [2.45, 2.75) is 19.4 Å². The lowest BCUT2D eigenvalue weighted by Gasteiger charge is -2.14. The lowest BCUT2D eigenvalue weighted by Crippen LogP contribution is -2.24. The summed E-state index contributed by atoms with van der Waals surface area (Å²) in [6.45, 7) is 5.39. The number of hydrogen-bond donors (Lipinski definition) is 1. The summed E-state index contributed by atoms with van der Waals surface area (Å²) >= 11 is 0. The molecule has 2 aromatic rings. The number of rotatable bonds is 1. The van der Waals surface area contributed by atoms with Gasteiger partial charge in [0.2, 0.25) is 0 Å². The third-order valence-corrected chi connectivity index (χ3v) is 3.89. The molecule has 96 valence electrons. The van der Waals surface area contributed by atoms with Crippen LogP contribution in [0, 0.1) is 6.92 Å². The lowest BCUT2D eigenvalue weighted by atomic mass is 10.0. The minimum Gasteiger partial charge on any atom is -0.464 e. The molecule has 2 heterocycles. The molecule has 1 fully saturated rings. The number of hydrogen-bond acceptors (Lipinski definition) is 3. The van der Waals surface area contributed by atoms with Gasteiger partial charge in [-0.15, -0.1) is 0 Å². The van der Waals surface area contributed by atoms with Crippen molar-refractivity contribution in [1.82, 2.24) is 10.2 Å². The molecule has 3 nitrogen and oxygen atoms in total. The first-order valence-electron chi connectivity index (χ1n) is 6.64. The van der Waals surface area contributed by atoms with E-state index in [1.54, 1.807) is 0 Å². The highest BCUT2D eigenvalue weighted by Gasteiger charge is 2.20. The Balaban J connectivity index is 1.96. The van der Waals surface area contributed by atoms with Gasteiger partial charge >= 0.3 is 0 Å². The number of likely N-dealkylation sites (N-methyl/N-ethyl adjacent to an activating group) is 1. The summed E-state index contributed by atoms with van der Waals surface area (Å²) in [5.74, 6) is 0. The molecular weight excluding hydrogens is 224 g/mol. The van der Waals surface area contributed by atoms with Crippen LogP contribution in [0.25, 0.3) is 11.0 Å². The van der Waals surface area contributed by atoms with Crippen LogP contribution in [0.3, 0.4) is 0 Å². The Morgan fingerprint density at radius 3 is 3.11 bits per heavy atom. The summed E-state index contributed by atoms with van der Waals surface area (Å²) in [7, 11) is 2.18. The van der Waals surface area contributed by atoms with Gasteiger partial charge in [0, 0.05) is 30.1 Å². The average Bonchev–Trinajstić information content (AvgIpc) is 2.68. The monoisotopic (exact) mass is 244 g/mol. The van der Waals surface area contributed by atoms with Crippen molar-refractivity contribution in [2.75, 3.05) is 26.7 Å². The number of nitrogens with one attached hydrogen (secondary N) is 1. The summed E-state index contributed by atoms with van der Waals surface area (Å²) in [6, 6.07) is 6.79. The van der Waals surface area contributed by atoms with Crippen LogP contribution in [0.15, 0.2) is 28.9 Å². The van der Waals surface area contributed by atoms with Crippen molar-refractivity contribution >= 4 is 11.0 Å². The van der Waals surface area contributed by atoms with Crippen LogP contribution < -0.4 is 5.32 Å². The lowest BCUT2D eigenvalue weighted by molar-refractivity contribution is 0.355. The molecule has 3 heteroatoms. The van der Waals surface area contributed by atoms with Crippen molar-refractivity contribution in [3.63, 3.8) is 0 Å². The number of furan rings is 1. The standard InChI is InChI=1S/C15H20N2O/c1-11-4-3-5-12-13(10-18-15(11)12)14-6-8-17(2)9-7-16-14/h3-5,10,14,16H,6-9H2,1-2H3. The molecule has 18 heavy (non-hydrogen) atoms. The van der Waals surface area contributed by atoms with E-state index in [1.807, 2.05) is 6.26 Å². The Morgan fingerprint density at radius 2 is 2.22 bits per heavy atom. The van der Waals surface area contributed by atoms with Crippen LogP contribution in [-0.2, 0) is 0 Å². The van der Waals surface area contributed by atoms with Gasteiger partial charge < -0.3 is 14.6 Å². The van der Waals surface area contributed by atoms with Crippen molar-refractivity contribution in [1.29, 1.82) is 0 Å². The first kappa shape index (κ1) is 11.8.